The second kappa shape index (κ2) is 8.20. The van der Waals surface area contributed by atoms with Crippen LogP contribution in [0.2, 0.25) is 0 Å². The molecule has 2 aromatic rings. The summed E-state index contributed by atoms with van der Waals surface area (Å²) < 4.78 is 42.4. The quantitative estimate of drug-likeness (QED) is 0.771. The summed E-state index contributed by atoms with van der Waals surface area (Å²) in [6, 6.07) is 7.61. The summed E-state index contributed by atoms with van der Waals surface area (Å²) in [5, 5.41) is 4.97. The van der Waals surface area contributed by atoms with Gasteiger partial charge in [-0.05, 0) is 63.6 Å². The second-order valence-corrected chi connectivity index (χ2v) is 9.54. The third-order valence-electron chi connectivity index (χ3n) is 3.75. The van der Waals surface area contributed by atoms with Gasteiger partial charge in [-0.15, -0.1) is 0 Å². The summed E-state index contributed by atoms with van der Waals surface area (Å²) in [4.78, 5) is 24.7. The van der Waals surface area contributed by atoms with Gasteiger partial charge in [0.15, 0.2) is 9.84 Å². The lowest BCUT2D eigenvalue weighted by molar-refractivity contribution is 0.0635. The molecule has 2 rings (SSSR count). The van der Waals surface area contributed by atoms with Crippen LogP contribution in [0.15, 0.2) is 41.3 Å². The Morgan fingerprint density at radius 1 is 1.00 bits per heavy atom. The van der Waals surface area contributed by atoms with E-state index in [1.807, 2.05) is 0 Å². The Morgan fingerprint density at radius 3 is 2.24 bits per heavy atom. The van der Waals surface area contributed by atoms with Gasteiger partial charge in [-0.2, -0.15) is 0 Å². The van der Waals surface area contributed by atoms with Gasteiger partial charge >= 0.3 is 6.09 Å². The minimum Gasteiger partial charge on any atom is -0.444 e. The Balaban J connectivity index is 2.33. The Hall–Kier alpha value is -2.94. The van der Waals surface area contributed by atoms with Crippen molar-refractivity contribution in [1.82, 2.24) is 0 Å². The van der Waals surface area contributed by atoms with E-state index in [1.54, 1.807) is 27.7 Å². The van der Waals surface area contributed by atoms with E-state index < -0.39 is 33.3 Å². The van der Waals surface area contributed by atoms with E-state index in [1.165, 1.54) is 24.3 Å². The molecule has 29 heavy (non-hydrogen) atoms. The summed E-state index contributed by atoms with van der Waals surface area (Å²) >= 11 is 0. The van der Waals surface area contributed by atoms with Gasteiger partial charge in [-0.25, -0.2) is 17.6 Å². The topological polar surface area (TPSA) is 102 Å². The van der Waals surface area contributed by atoms with E-state index in [4.69, 9.17) is 4.74 Å². The maximum Gasteiger partial charge on any atom is 0.412 e. The van der Waals surface area contributed by atoms with Crippen LogP contribution in [-0.2, 0) is 14.6 Å². The van der Waals surface area contributed by atoms with Crippen molar-refractivity contribution < 1.29 is 27.1 Å². The van der Waals surface area contributed by atoms with Gasteiger partial charge in [0.2, 0.25) is 0 Å². The van der Waals surface area contributed by atoms with E-state index in [2.05, 4.69) is 10.6 Å². The molecule has 0 spiro atoms. The van der Waals surface area contributed by atoms with E-state index in [0.29, 0.717) is 5.56 Å². The number of aryl methyl sites for hydroxylation is 1. The van der Waals surface area contributed by atoms with Gasteiger partial charge in [0.1, 0.15) is 11.4 Å². The number of nitrogens with one attached hydrogen (secondary N) is 2. The molecule has 2 N–H and O–H groups in total. The monoisotopic (exact) mass is 422 g/mol. The molecule has 0 aliphatic heterocycles. The molecule has 0 heterocycles. The fraction of sp³-hybridized carbons (Fsp3) is 0.300. The predicted molar refractivity (Wildman–Crippen MR) is 108 cm³/mol. The molecule has 0 aliphatic rings. The minimum atomic E-state index is -3.51. The van der Waals surface area contributed by atoms with Gasteiger partial charge in [-0.3, -0.25) is 10.1 Å². The molecule has 7 nitrogen and oxygen atoms in total. The Labute approximate surface area is 169 Å². The van der Waals surface area contributed by atoms with Crippen molar-refractivity contribution in [3.8, 4) is 0 Å². The SMILES string of the molecule is Cc1ccc(S(C)(=O)=O)cc1C(=O)Nc1cc(F)ccc1NC(=O)OC(C)(C)C. The molecular weight excluding hydrogens is 399 g/mol. The van der Waals surface area contributed by atoms with Crippen LogP contribution in [0.1, 0.15) is 36.7 Å². The maximum atomic E-state index is 13.7. The fourth-order valence-corrected chi connectivity index (χ4v) is 3.06. The molecule has 0 aliphatic carbocycles. The Morgan fingerprint density at radius 2 is 1.66 bits per heavy atom. The smallest absolute Gasteiger partial charge is 0.412 e. The van der Waals surface area contributed by atoms with Gasteiger partial charge in [-0.1, -0.05) is 6.07 Å². The van der Waals surface area contributed by atoms with Crippen LogP contribution in [0.5, 0.6) is 0 Å². The molecule has 0 saturated carbocycles. The van der Waals surface area contributed by atoms with Crippen molar-refractivity contribution in [2.24, 2.45) is 0 Å². The first-order valence-electron chi connectivity index (χ1n) is 8.68. The Bertz CT molecular complexity index is 1060. The number of carbonyl (C=O) groups is 2. The van der Waals surface area contributed by atoms with E-state index in [-0.39, 0.29) is 21.8 Å². The van der Waals surface area contributed by atoms with Gasteiger partial charge in [0.05, 0.1) is 16.3 Å². The molecule has 0 aromatic heterocycles. The summed E-state index contributed by atoms with van der Waals surface area (Å²) in [5.41, 5.74) is 0.0424. The average molecular weight is 422 g/mol. The highest BCUT2D eigenvalue weighted by Crippen LogP contribution is 2.25. The van der Waals surface area contributed by atoms with Crippen molar-refractivity contribution in [3.05, 3.63) is 53.3 Å². The van der Waals surface area contributed by atoms with Crippen LogP contribution >= 0.6 is 0 Å². The first-order chi connectivity index (χ1) is 13.3. The molecule has 2 aromatic carbocycles. The zero-order valence-corrected chi connectivity index (χ0v) is 17.6. The lowest BCUT2D eigenvalue weighted by atomic mass is 10.1. The third-order valence-corrected chi connectivity index (χ3v) is 4.86. The number of anilines is 2. The van der Waals surface area contributed by atoms with Crippen molar-refractivity contribution in [1.29, 1.82) is 0 Å². The highest BCUT2D eigenvalue weighted by atomic mass is 32.2. The fourth-order valence-electron chi connectivity index (χ4n) is 2.41. The van der Waals surface area contributed by atoms with Gasteiger partial charge < -0.3 is 10.1 Å². The van der Waals surface area contributed by atoms with Crippen molar-refractivity contribution in [3.63, 3.8) is 0 Å². The molecule has 0 atom stereocenters. The molecule has 0 radical (unpaired) electrons. The normalized spacial score (nSPS) is 11.7. The van der Waals surface area contributed by atoms with Crippen LogP contribution in [0, 0.1) is 12.7 Å². The van der Waals surface area contributed by atoms with Crippen molar-refractivity contribution in [2.75, 3.05) is 16.9 Å². The highest BCUT2D eigenvalue weighted by Gasteiger charge is 2.19. The van der Waals surface area contributed by atoms with Gasteiger partial charge in [0, 0.05) is 11.8 Å². The molecule has 156 valence electrons. The number of halogens is 1. The molecule has 9 heteroatoms. The summed E-state index contributed by atoms with van der Waals surface area (Å²) in [6.45, 7) is 6.72. The molecular formula is C20H23FN2O5S. The third kappa shape index (κ3) is 6.28. The molecule has 0 saturated heterocycles. The number of benzene rings is 2. The number of ether oxygens (including phenoxy) is 1. The minimum absolute atomic E-state index is 0.00465. The average Bonchev–Trinajstić information content (AvgIpc) is 2.54. The molecule has 0 unspecified atom stereocenters. The van der Waals surface area contributed by atoms with Crippen LogP contribution < -0.4 is 10.6 Å². The van der Waals surface area contributed by atoms with Crippen LogP contribution in [0.4, 0.5) is 20.6 Å². The first kappa shape index (κ1) is 22.4. The van der Waals surface area contributed by atoms with Crippen LogP contribution in [0.3, 0.4) is 0 Å². The predicted octanol–water partition coefficient (Wildman–Crippen LogP) is 4.14. The van der Waals surface area contributed by atoms with E-state index in [9.17, 15) is 22.4 Å². The van der Waals surface area contributed by atoms with Gasteiger partial charge in [0.25, 0.3) is 5.91 Å². The largest absolute Gasteiger partial charge is 0.444 e. The van der Waals surface area contributed by atoms with E-state index in [0.717, 1.165) is 18.4 Å². The van der Waals surface area contributed by atoms with Crippen LogP contribution in [-0.4, -0.2) is 32.3 Å². The second-order valence-electron chi connectivity index (χ2n) is 7.52. The van der Waals surface area contributed by atoms with Crippen LogP contribution in [0.25, 0.3) is 0 Å². The number of hydrogen-bond donors (Lipinski definition) is 2. The number of carbonyl (C=O) groups excluding carboxylic acids is 2. The highest BCUT2D eigenvalue weighted by molar-refractivity contribution is 7.90. The number of amides is 2. The number of rotatable bonds is 4. The number of hydrogen-bond acceptors (Lipinski definition) is 5. The first-order valence-corrected chi connectivity index (χ1v) is 10.6. The number of sulfone groups is 1. The lowest BCUT2D eigenvalue weighted by Crippen LogP contribution is -2.27. The zero-order chi connectivity index (χ0) is 22.0. The zero-order valence-electron chi connectivity index (χ0n) is 16.8. The van der Waals surface area contributed by atoms with E-state index >= 15 is 0 Å². The maximum absolute atomic E-state index is 13.7. The summed E-state index contributed by atoms with van der Waals surface area (Å²) in [5.74, 6) is -1.28. The molecule has 2 amide bonds. The standard InChI is InChI=1S/C20H23FN2O5S/c1-12-6-8-14(29(5,26)27)11-15(12)18(24)22-17-10-13(21)7-9-16(17)23-19(25)28-20(2,3)4/h6-11H,1-5H3,(H,22,24)(H,23,25). The van der Waals surface area contributed by atoms with Crippen molar-refractivity contribution >= 4 is 33.2 Å². The molecule has 0 fully saturated rings. The lowest BCUT2D eigenvalue weighted by Gasteiger charge is -2.20. The van der Waals surface area contributed by atoms with Crippen molar-refractivity contribution in [2.45, 2.75) is 38.2 Å². The summed E-state index contributed by atoms with van der Waals surface area (Å²) in [7, 11) is -3.51. The summed E-state index contributed by atoms with van der Waals surface area (Å²) in [6.07, 6.45) is 0.268. The molecule has 0 bridgehead atoms. The Kier molecular flexibility index (Phi) is 6.32.